The van der Waals surface area contributed by atoms with Crippen molar-refractivity contribution in [1.82, 2.24) is 14.5 Å². The highest BCUT2D eigenvalue weighted by molar-refractivity contribution is 7.98. The maximum absolute atomic E-state index is 13.6. The number of hydrogen-bond acceptors (Lipinski definition) is 8. The molecule has 10 heteroatoms. The highest BCUT2D eigenvalue weighted by Gasteiger charge is 2.23. The lowest BCUT2D eigenvalue weighted by Gasteiger charge is -2.12. The number of thioether (sulfide) groups is 1. The molecule has 4 heterocycles. The third kappa shape index (κ3) is 4.19. The Bertz CT molecular complexity index is 1300. The molecule has 0 saturated carbocycles. The fourth-order valence-electron chi connectivity index (χ4n) is 3.75. The van der Waals surface area contributed by atoms with Crippen LogP contribution in [0.2, 0.25) is 0 Å². The first-order valence-electron chi connectivity index (χ1n) is 10.0. The van der Waals surface area contributed by atoms with Crippen molar-refractivity contribution in [2.75, 3.05) is 5.32 Å². The van der Waals surface area contributed by atoms with Crippen molar-refractivity contribution in [1.29, 1.82) is 0 Å². The van der Waals surface area contributed by atoms with E-state index < -0.39 is 0 Å². The molecule has 1 aliphatic carbocycles. The van der Waals surface area contributed by atoms with E-state index in [9.17, 15) is 9.59 Å². The van der Waals surface area contributed by atoms with E-state index >= 15 is 0 Å². The zero-order chi connectivity index (χ0) is 21.4. The predicted octanol–water partition coefficient (Wildman–Crippen LogP) is 4.69. The van der Waals surface area contributed by atoms with Crippen LogP contribution in [-0.2, 0) is 29.9 Å². The van der Waals surface area contributed by atoms with Crippen LogP contribution in [0.3, 0.4) is 0 Å². The molecule has 4 aromatic rings. The normalized spacial score (nSPS) is 13.5. The van der Waals surface area contributed by atoms with Gasteiger partial charge in [0.25, 0.3) is 5.56 Å². The van der Waals surface area contributed by atoms with Crippen LogP contribution in [0.4, 0.5) is 5.13 Å². The van der Waals surface area contributed by atoms with Gasteiger partial charge in [-0.25, -0.2) is 9.97 Å². The average molecular weight is 473 g/mol. The van der Waals surface area contributed by atoms with E-state index in [-0.39, 0.29) is 11.5 Å². The summed E-state index contributed by atoms with van der Waals surface area (Å²) in [5, 5.41) is 6.62. The Hall–Kier alpha value is -2.43. The zero-order valence-electron chi connectivity index (χ0n) is 16.8. The molecule has 0 unspecified atom stereocenters. The minimum absolute atomic E-state index is 0.000475. The SMILES string of the molecule is CC(=O)Nc1nc(CSc2nc3sc4c(c3c(=O)n2Cc2ccco2)CCCC4)cs1. The highest BCUT2D eigenvalue weighted by Crippen LogP contribution is 2.35. The van der Waals surface area contributed by atoms with Gasteiger partial charge in [0.15, 0.2) is 10.3 Å². The summed E-state index contributed by atoms with van der Waals surface area (Å²) < 4.78 is 7.23. The molecule has 0 atom stereocenters. The molecule has 160 valence electrons. The second-order valence-corrected chi connectivity index (χ2v) is 10.3. The molecular formula is C21H20N4O3S3. The molecule has 7 nitrogen and oxygen atoms in total. The van der Waals surface area contributed by atoms with Gasteiger partial charge in [-0.3, -0.25) is 14.2 Å². The molecule has 0 radical (unpaired) electrons. The van der Waals surface area contributed by atoms with Gasteiger partial charge in [0, 0.05) is 22.9 Å². The van der Waals surface area contributed by atoms with E-state index in [1.54, 1.807) is 22.2 Å². The molecule has 0 saturated heterocycles. The molecule has 0 bridgehead atoms. The summed E-state index contributed by atoms with van der Waals surface area (Å²) in [5.74, 6) is 1.13. The van der Waals surface area contributed by atoms with Gasteiger partial charge in [-0.1, -0.05) is 11.8 Å². The minimum Gasteiger partial charge on any atom is -0.467 e. The van der Waals surface area contributed by atoms with Gasteiger partial charge in [-0.05, 0) is 43.4 Å². The summed E-state index contributed by atoms with van der Waals surface area (Å²) in [6.45, 7) is 1.80. The summed E-state index contributed by atoms with van der Waals surface area (Å²) in [4.78, 5) is 36.3. The molecule has 0 aliphatic heterocycles. The summed E-state index contributed by atoms with van der Waals surface area (Å²) in [5.41, 5.74) is 2.02. The molecule has 5 rings (SSSR count). The van der Waals surface area contributed by atoms with Crippen molar-refractivity contribution < 1.29 is 9.21 Å². The van der Waals surface area contributed by atoms with Crippen molar-refractivity contribution in [3.63, 3.8) is 0 Å². The van der Waals surface area contributed by atoms with Crippen LogP contribution in [0.15, 0.2) is 38.1 Å². The van der Waals surface area contributed by atoms with Gasteiger partial charge in [0.2, 0.25) is 5.91 Å². The van der Waals surface area contributed by atoms with Gasteiger partial charge in [-0.15, -0.1) is 22.7 Å². The van der Waals surface area contributed by atoms with Gasteiger partial charge in [0.05, 0.1) is 23.9 Å². The first-order valence-corrected chi connectivity index (χ1v) is 12.7. The Balaban J connectivity index is 1.51. The summed E-state index contributed by atoms with van der Waals surface area (Å²) in [6.07, 6.45) is 5.88. The number of nitrogens with one attached hydrogen (secondary N) is 1. The number of aromatic nitrogens is 3. The van der Waals surface area contributed by atoms with Crippen LogP contribution in [0.25, 0.3) is 10.2 Å². The van der Waals surface area contributed by atoms with Crippen LogP contribution in [-0.4, -0.2) is 20.4 Å². The summed E-state index contributed by atoms with van der Waals surface area (Å²) >= 11 is 4.52. The summed E-state index contributed by atoms with van der Waals surface area (Å²) in [6, 6.07) is 3.69. The van der Waals surface area contributed by atoms with E-state index in [0.29, 0.717) is 22.6 Å². The Morgan fingerprint density at radius 1 is 1.32 bits per heavy atom. The van der Waals surface area contributed by atoms with E-state index in [1.807, 2.05) is 17.5 Å². The quantitative estimate of drug-likeness (QED) is 0.324. The van der Waals surface area contributed by atoms with Gasteiger partial charge in [0.1, 0.15) is 10.6 Å². The minimum atomic E-state index is -0.144. The number of aryl methyl sites for hydroxylation is 2. The topological polar surface area (TPSA) is 90.0 Å². The van der Waals surface area contributed by atoms with E-state index in [2.05, 4.69) is 10.3 Å². The monoisotopic (exact) mass is 472 g/mol. The molecule has 1 N–H and O–H groups in total. The third-order valence-electron chi connectivity index (χ3n) is 5.12. The molecule has 0 spiro atoms. The van der Waals surface area contributed by atoms with Crippen molar-refractivity contribution in [2.45, 2.75) is 50.1 Å². The second-order valence-electron chi connectivity index (χ2n) is 7.37. The lowest BCUT2D eigenvalue weighted by Crippen LogP contribution is -2.24. The largest absolute Gasteiger partial charge is 0.467 e. The molecule has 0 fully saturated rings. The molecule has 31 heavy (non-hydrogen) atoms. The van der Waals surface area contributed by atoms with E-state index in [0.717, 1.165) is 40.9 Å². The molecule has 1 amide bonds. The second kappa shape index (κ2) is 8.60. The van der Waals surface area contributed by atoms with Crippen molar-refractivity contribution in [3.05, 3.63) is 56.0 Å². The maximum atomic E-state index is 13.6. The van der Waals surface area contributed by atoms with Crippen molar-refractivity contribution in [3.8, 4) is 0 Å². The van der Waals surface area contributed by atoms with Gasteiger partial charge >= 0.3 is 0 Å². The number of nitrogens with zero attached hydrogens (tertiary/aromatic N) is 3. The number of furan rings is 1. The van der Waals surface area contributed by atoms with Crippen LogP contribution in [0.5, 0.6) is 0 Å². The standard InChI is InChI=1S/C21H20N4O3S3/c1-12(26)22-20-23-13(10-29-20)11-30-21-24-18-17(15-6-2-3-7-16(15)31-18)19(27)25(21)9-14-5-4-8-28-14/h4-5,8,10H,2-3,6-7,9,11H2,1H3,(H,22,23,26). The first kappa shape index (κ1) is 20.5. The number of carbonyl (C=O) groups is 1. The van der Waals surface area contributed by atoms with Crippen molar-refractivity contribution in [2.24, 2.45) is 0 Å². The molecular weight excluding hydrogens is 452 g/mol. The van der Waals surface area contributed by atoms with Gasteiger partial charge < -0.3 is 9.73 Å². The Labute approximate surface area is 190 Å². The predicted molar refractivity (Wildman–Crippen MR) is 124 cm³/mol. The third-order valence-corrected chi connectivity index (χ3v) is 8.12. The number of thiazole rings is 1. The molecule has 0 aromatic carbocycles. The number of carbonyl (C=O) groups excluding carboxylic acids is 1. The number of thiophene rings is 1. The summed E-state index contributed by atoms with van der Waals surface area (Å²) in [7, 11) is 0. The Morgan fingerprint density at radius 3 is 3.00 bits per heavy atom. The highest BCUT2D eigenvalue weighted by atomic mass is 32.2. The lowest BCUT2D eigenvalue weighted by atomic mass is 9.97. The average Bonchev–Trinajstić information content (AvgIpc) is 3.48. The molecule has 1 aliphatic rings. The van der Waals surface area contributed by atoms with Crippen LogP contribution < -0.4 is 10.9 Å². The smallest absolute Gasteiger partial charge is 0.263 e. The maximum Gasteiger partial charge on any atom is 0.263 e. The number of anilines is 1. The lowest BCUT2D eigenvalue weighted by molar-refractivity contribution is -0.114. The van der Waals surface area contributed by atoms with E-state index in [1.165, 1.54) is 46.9 Å². The number of hydrogen-bond donors (Lipinski definition) is 1. The van der Waals surface area contributed by atoms with Crippen LogP contribution >= 0.6 is 34.4 Å². The number of rotatable bonds is 6. The van der Waals surface area contributed by atoms with Crippen LogP contribution in [0.1, 0.15) is 41.7 Å². The Morgan fingerprint density at radius 2 is 2.19 bits per heavy atom. The Kier molecular flexibility index (Phi) is 5.68. The van der Waals surface area contributed by atoms with Gasteiger partial charge in [-0.2, -0.15) is 0 Å². The first-order chi connectivity index (χ1) is 15.1. The zero-order valence-corrected chi connectivity index (χ0v) is 19.3. The number of fused-ring (bicyclic) bond motifs is 3. The molecule has 4 aromatic heterocycles. The fourth-order valence-corrected chi connectivity index (χ4v) is 6.80. The van der Waals surface area contributed by atoms with E-state index in [4.69, 9.17) is 9.40 Å². The fraction of sp³-hybridized carbons (Fsp3) is 0.333. The van der Waals surface area contributed by atoms with Crippen LogP contribution in [0, 0.1) is 0 Å². The number of amides is 1. The van der Waals surface area contributed by atoms with Crippen molar-refractivity contribution >= 4 is 55.7 Å².